The quantitative estimate of drug-likeness (QED) is 0.691. The minimum absolute atomic E-state index is 0.190. The highest BCUT2D eigenvalue weighted by atomic mass is 32.2. The molecule has 2 rings (SSSR count). The molecule has 2 aromatic rings. The Balaban J connectivity index is 1.84. The number of ether oxygens (including phenoxy) is 2. The van der Waals surface area contributed by atoms with Gasteiger partial charge in [0, 0.05) is 7.05 Å². The van der Waals surface area contributed by atoms with E-state index in [9.17, 15) is 13.2 Å². The number of amides is 1. The van der Waals surface area contributed by atoms with Crippen LogP contribution < -0.4 is 19.1 Å². The number of para-hydroxylation sites is 1. The van der Waals surface area contributed by atoms with Crippen LogP contribution in [-0.4, -0.2) is 46.4 Å². The van der Waals surface area contributed by atoms with Crippen molar-refractivity contribution in [3.63, 3.8) is 0 Å². The van der Waals surface area contributed by atoms with E-state index in [2.05, 4.69) is 5.32 Å². The third kappa shape index (κ3) is 6.45. The lowest BCUT2D eigenvalue weighted by atomic mass is 10.3. The van der Waals surface area contributed by atoms with Gasteiger partial charge in [-0.15, -0.1) is 0 Å². The molecule has 0 spiro atoms. The van der Waals surface area contributed by atoms with Gasteiger partial charge in [0.1, 0.15) is 18.1 Å². The summed E-state index contributed by atoms with van der Waals surface area (Å²) in [4.78, 5) is 12.3. The molecule has 8 heteroatoms. The van der Waals surface area contributed by atoms with Crippen molar-refractivity contribution in [3.05, 3.63) is 54.6 Å². The van der Waals surface area contributed by atoms with Crippen LogP contribution in [-0.2, 0) is 14.8 Å². The second-order valence-corrected chi connectivity index (χ2v) is 8.53. The van der Waals surface area contributed by atoms with Crippen LogP contribution in [0.25, 0.3) is 0 Å². The Hall–Kier alpha value is -2.74. The summed E-state index contributed by atoms with van der Waals surface area (Å²) in [5.74, 6) is 0.954. The third-order valence-electron chi connectivity index (χ3n) is 4.01. The van der Waals surface area contributed by atoms with E-state index >= 15 is 0 Å². The molecule has 0 saturated carbocycles. The van der Waals surface area contributed by atoms with Crippen molar-refractivity contribution in [1.29, 1.82) is 0 Å². The molecule has 0 aromatic heterocycles. The van der Waals surface area contributed by atoms with E-state index < -0.39 is 16.1 Å². The Kier molecular flexibility index (Phi) is 7.28. The van der Waals surface area contributed by atoms with Crippen LogP contribution in [0.3, 0.4) is 0 Å². The highest BCUT2D eigenvalue weighted by Gasteiger charge is 2.18. The number of carbonyl (C=O) groups excluding carboxylic acids is 1. The maximum atomic E-state index is 12.3. The Morgan fingerprint density at radius 1 is 1.04 bits per heavy atom. The van der Waals surface area contributed by atoms with Crippen molar-refractivity contribution in [2.24, 2.45) is 0 Å². The lowest BCUT2D eigenvalue weighted by Crippen LogP contribution is -2.43. The van der Waals surface area contributed by atoms with Gasteiger partial charge in [0.15, 0.2) is 6.10 Å². The van der Waals surface area contributed by atoms with Gasteiger partial charge in [-0.2, -0.15) is 0 Å². The Bertz CT molecular complexity index is 869. The fourth-order valence-electron chi connectivity index (χ4n) is 2.32. The molecule has 0 unspecified atom stereocenters. The van der Waals surface area contributed by atoms with Crippen molar-refractivity contribution < 1.29 is 22.7 Å². The number of rotatable bonds is 9. The van der Waals surface area contributed by atoms with Gasteiger partial charge in [0.25, 0.3) is 5.91 Å². The number of hydrogen-bond acceptors (Lipinski definition) is 5. The van der Waals surface area contributed by atoms with E-state index in [1.54, 1.807) is 31.2 Å². The predicted octanol–water partition coefficient (Wildman–Crippen LogP) is 2.43. The zero-order valence-electron chi connectivity index (χ0n) is 16.5. The lowest BCUT2D eigenvalue weighted by Gasteiger charge is -2.20. The van der Waals surface area contributed by atoms with Gasteiger partial charge < -0.3 is 14.8 Å². The first-order chi connectivity index (χ1) is 13.2. The molecule has 0 bridgehead atoms. The van der Waals surface area contributed by atoms with Gasteiger partial charge >= 0.3 is 0 Å². The SMILES string of the molecule is C[C@H](Oc1ccc(N(C)S(C)(=O)=O)cc1)C(=O)N[C@@H](C)COc1ccccc1. The number of nitrogens with one attached hydrogen (secondary N) is 1. The van der Waals surface area contributed by atoms with Crippen LogP contribution in [0, 0.1) is 0 Å². The molecule has 0 aliphatic heterocycles. The first-order valence-corrected chi connectivity index (χ1v) is 10.7. The molecule has 7 nitrogen and oxygen atoms in total. The third-order valence-corrected chi connectivity index (χ3v) is 5.22. The molecule has 0 heterocycles. The standard InChI is InChI=1S/C20H26N2O5S/c1-15(14-26-18-8-6-5-7-9-18)21-20(23)16(2)27-19-12-10-17(11-13-19)22(3)28(4,24)25/h5-13,15-16H,14H2,1-4H3,(H,21,23)/t15-,16-/m0/s1. The predicted molar refractivity (Wildman–Crippen MR) is 109 cm³/mol. The van der Waals surface area contributed by atoms with Crippen LogP contribution in [0.5, 0.6) is 11.5 Å². The number of hydrogen-bond donors (Lipinski definition) is 1. The summed E-state index contributed by atoms with van der Waals surface area (Å²) in [6.07, 6.45) is 0.421. The summed E-state index contributed by atoms with van der Waals surface area (Å²) in [6, 6.07) is 15.7. The fourth-order valence-corrected chi connectivity index (χ4v) is 2.83. The topological polar surface area (TPSA) is 84.9 Å². The minimum atomic E-state index is -3.33. The van der Waals surface area contributed by atoms with E-state index in [4.69, 9.17) is 9.47 Å². The van der Waals surface area contributed by atoms with Gasteiger partial charge in [-0.1, -0.05) is 18.2 Å². The van der Waals surface area contributed by atoms with Crippen molar-refractivity contribution in [1.82, 2.24) is 5.32 Å². The van der Waals surface area contributed by atoms with Gasteiger partial charge in [0.05, 0.1) is 18.0 Å². The smallest absolute Gasteiger partial charge is 0.261 e. The van der Waals surface area contributed by atoms with Crippen LogP contribution in [0.4, 0.5) is 5.69 Å². The second-order valence-electron chi connectivity index (χ2n) is 6.52. The molecule has 0 fully saturated rings. The summed E-state index contributed by atoms with van der Waals surface area (Å²) >= 11 is 0. The Morgan fingerprint density at radius 2 is 1.64 bits per heavy atom. The van der Waals surface area contributed by atoms with E-state index in [-0.39, 0.29) is 11.9 Å². The average molecular weight is 407 g/mol. The highest BCUT2D eigenvalue weighted by molar-refractivity contribution is 7.92. The maximum Gasteiger partial charge on any atom is 0.261 e. The minimum Gasteiger partial charge on any atom is -0.491 e. The van der Waals surface area contributed by atoms with E-state index in [1.807, 2.05) is 37.3 Å². The average Bonchev–Trinajstić information content (AvgIpc) is 2.66. The second kappa shape index (κ2) is 9.45. The monoisotopic (exact) mass is 406 g/mol. The zero-order chi connectivity index (χ0) is 20.7. The van der Waals surface area contributed by atoms with E-state index in [1.165, 1.54) is 11.4 Å². The van der Waals surface area contributed by atoms with Crippen molar-refractivity contribution in [2.45, 2.75) is 26.0 Å². The molecule has 0 aliphatic rings. The van der Waals surface area contributed by atoms with Gasteiger partial charge in [-0.25, -0.2) is 8.42 Å². The summed E-state index contributed by atoms with van der Waals surface area (Å²) in [5.41, 5.74) is 0.513. The molecular formula is C20H26N2O5S. The molecule has 0 saturated heterocycles. The largest absolute Gasteiger partial charge is 0.491 e. The van der Waals surface area contributed by atoms with Crippen LogP contribution >= 0.6 is 0 Å². The van der Waals surface area contributed by atoms with Crippen molar-refractivity contribution in [2.75, 3.05) is 24.2 Å². The summed E-state index contributed by atoms with van der Waals surface area (Å²) in [6.45, 7) is 3.84. The highest BCUT2D eigenvalue weighted by Crippen LogP contribution is 2.21. The zero-order valence-corrected chi connectivity index (χ0v) is 17.3. The first kappa shape index (κ1) is 21.6. The number of anilines is 1. The summed E-state index contributed by atoms with van der Waals surface area (Å²) in [5, 5.41) is 2.84. The molecule has 2 atom stereocenters. The number of carbonyl (C=O) groups is 1. The summed E-state index contributed by atoms with van der Waals surface area (Å²) < 4.78 is 35.6. The first-order valence-electron chi connectivity index (χ1n) is 8.85. The molecule has 1 N–H and O–H groups in total. The van der Waals surface area contributed by atoms with E-state index in [0.29, 0.717) is 18.0 Å². The Labute approximate surface area is 166 Å². The number of nitrogens with zero attached hydrogens (tertiary/aromatic N) is 1. The van der Waals surface area contributed by atoms with Crippen LogP contribution in [0.1, 0.15) is 13.8 Å². The summed E-state index contributed by atoms with van der Waals surface area (Å²) in [7, 11) is -1.86. The van der Waals surface area contributed by atoms with Crippen LogP contribution in [0.2, 0.25) is 0 Å². The molecule has 28 heavy (non-hydrogen) atoms. The molecule has 0 radical (unpaired) electrons. The molecule has 2 aromatic carbocycles. The lowest BCUT2D eigenvalue weighted by molar-refractivity contribution is -0.128. The number of benzene rings is 2. The normalized spacial score (nSPS) is 13.3. The molecule has 1 amide bonds. The maximum absolute atomic E-state index is 12.3. The van der Waals surface area contributed by atoms with Gasteiger partial charge in [-0.05, 0) is 50.2 Å². The molecule has 0 aliphatic carbocycles. The molecule has 152 valence electrons. The van der Waals surface area contributed by atoms with Gasteiger partial charge in [0.2, 0.25) is 10.0 Å². The molecular weight excluding hydrogens is 380 g/mol. The van der Waals surface area contributed by atoms with Crippen molar-refractivity contribution >= 4 is 21.6 Å². The van der Waals surface area contributed by atoms with Crippen molar-refractivity contribution in [3.8, 4) is 11.5 Å². The fraction of sp³-hybridized carbons (Fsp3) is 0.350. The van der Waals surface area contributed by atoms with Gasteiger partial charge in [-0.3, -0.25) is 9.10 Å². The Morgan fingerprint density at radius 3 is 2.21 bits per heavy atom. The van der Waals surface area contributed by atoms with E-state index in [0.717, 1.165) is 12.0 Å². The van der Waals surface area contributed by atoms with Crippen LogP contribution in [0.15, 0.2) is 54.6 Å². The number of sulfonamides is 1.